The zero-order valence-corrected chi connectivity index (χ0v) is 11.8. The van der Waals surface area contributed by atoms with Crippen molar-refractivity contribution in [1.29, 1.82) is 0 Å². The second-order valence-electron chi connectivity index (χ2n) is 4.68. The van der Waals surface area contributed by atoms with Crippen molar-refractivity contribution in [1.82, 2.24) is 14.8 Å². The molecule has 6 nitrogen and oxygen atoms in total. The molecule has 1 saturated heterocycles. The van der Waals surface area contributed by atoms with Crippen LogP contribution in [0.15, 0.2) is 18.3 Å². The first kappa shape index (κ1) is 14.7. The lowest BCUT2D eigenvalue weighted by atomic mass is 10.2. The zero-order chi connectivity index (χ0) is 14.4. The zero-order valence-electron chi connectivity index (χ0n) is 11.8. The van der Waals surface area contributed by atoms with Gasteiger partial charge in [-0.05, 0) is 13.0 Å². The third-order valence-electron chi connectivity index (χ3n) is 3.35. The Bertz CT molecular complexity index is 428. The van der Waals surface area contributed by atoms with Crippen LogP contribution in [0.3, 0.4) is 0 Å². The van der Waals surface area contributed by atoms with Gasteiger partial charge in [0.15, 0.2) is 0 Å². The average molecular weight is 279 g/mol. The van der Waals surface area contributed by atoms with Crippen LogP contribution in [-0.4, -0.2) is 71.7 Å². The van der Waals surface area contributed by atoms with Crippen molar-refractivity contribution in [2.24, 2.45) is 0 Å². The van der Waals surface area contributed by atoms with Crippen LogP contribution < -0.4 is 4.74 Å². The Morgan fingerprint density at radius 1 is 1.35 bits per heavy atom. The molecule has 1 amide bonds. The van der Waals surface area contributed by atoms with E-state index in [1.807, 2.05) is 11.8 Å². The molecule has 2 heterocycles. The van der Waals surface area contributed by atoms with Gasteiger partial charge in [-0.25, -0.2) is 4.98 Å². The normalized spacial score (nSPS) is 16.2. The molecule has 0 aliphatic carbocycles. The van der Waals surface area contributed by atoms with Crippen molar-refractivity contribution in [3.63, 3.8) is 0 Å². The first-order chi connectivity index (χ1) is 9.74. The number of ether oxygens (including phenoxy) is 1. The molecule has 0 unspecified atom stereocenters. The Labute approximate surface area is 119 Å². The SMILES string of the molecule is CCOc1ccc(C(=O)N2CCN(CCO)CC2)cn1. The van der Waals surface area contributed by atoms with Gasteiger partial charge < -0.3 is 14.7 Å². The van der Waals surface area contributed by atoms with Crippen molar-refractivity contribution < 1.29 is 14.6 Å². The number of hydrogen-bond acceptors (Lipinski definition) is 5. The molecule has 0 atom stereocenters. The Hall–Kier alpha value is -1.66. The van der Waals surface area contributed by atoms with Gasteiger partial charge >= 0.3 is 0 Å². The third-order valence-corrected chi connectivity index (χ3v) is 3.35. The van der Waals surface area contributed by atoms with E-state index in [2.05, 4.69) is 9.88 Å². The highest BCUT2D eigenvalue weighted by molar-refractivity contribution is 5.94. The lowest BCUT2D eigenvalue weighted by Gasteiger charge is -2.34. The number of β-amino-alcohol motifs (C(OH)–C–C–N with tert-alkyl or cyclic N) is 1. The number of aliphatic hydroxyl groups is 1. The van der Waals surface area contributed by atoms with E-state index in [1.54, 1.807) is 18.3 Å². The molecular weight excluding hydrogens is 258 g/mol. The van der Waals surface area contributed by atoms with Crippen LogP contribution in [0.2, 0.25) is 0 Å². The number of hydrogen-bond donors (Lipinski definition) is 1. The van der Waals surface area contributed by atoms with E-state index in [1.165, 1.54) is 0 Å². The predicted octanol–water partition coefficient (Wildman–Crippen LogP) is 0.230. The van der Waals surface area contributed by atoms with Crippen LogP contribution >= 0.6 is 0 Å². The van der Waals surface area contributed by atoms with Crippen molar-refractivity contribution in [2.75, 3.05) is 45.9 Å². The molecular formula is C14H21N3O3. The lowest BCUT2D eigenvalue weighted by molar-refractivity contribution is 0.0614. The summed E-state index contributed by atoms with van der Waals surface area (Å²) in [5.74, 6) is 0.543. The summed E-state index contributed by atoms with van der Waals surface area (Å²) in [7, 11) is 0. The van der Waals surface area contributed by atoms with E-state index in [-0.39, 0.29) is 12.5 Å². The van der Waals surface area contributed by atoms with Crippen LogP contribution in [0, 0.1) is 0 Å². The van der Waals surface area contributed by atoms with E-state index < -0.39 is 0 Å². The van der Waals surface area contributed by atoms with Gasteiger partial charge in [-0.15, -0.1) is 0 Å². The maximum Gasteiger partial charge on any atom is 0.255 e. The van der Waals surface area contributed by atoms with E-state index in [9.17, 15) is 4.79 Å². The summed E-state index contributed by atoms with van der Waals surface area (Å²) in [5, 5.41) is 8.90. The quantitative estimate of drug-likeness (QED) is 0.836. The van der Waals surface area contributed by atoms with Gasteiger partial charge in [-0.3, -0.25) is 9.69 Å². The van der Waals surface area contributed by atoms with Gasteiger partial charge in [0.25, 0.3) is 5.91 Å². The molecule has 0 spiro atoms. The van der Waals surface area contributed by atoms with E-state index in [4.69, 9.17) is 9.84 Å². The highest BCUT2D eigenvalue weighted by Gasteiger charge is 2.21. The van der Waals surface area contributed by atoms with Crippen molar-refractivity contribution >= 4 is 5.91 Å². The fraction of sp³-hybridized carbons (Fsp3) is 0.571. The van der Waals surface area contributed by atoms with Gasteiger partial charge in [0, 0.05) is 45.0 Å². The fourth-order valence-corrected chi connectivity index (χ4v) is 2.24. The number of pyridine rings is 1. The molecule has 0 saturated carbocycles. The molecule has 1 aliphatic rings. The number of aromatic nitrogens is 1. The molecule has 6 heteroatoms. The number of carbonyl (C=O) groups is 1. The Kier molecular flexibility index (Phi) is 5.31. The van der Waals surface area contributed by atoms with Crippen LogP contribution in [0.5, 0.6) is 5.88 Å². The van der Waals surface area contributed by atoms with Crippen LogP contribution in [0.4, 0.5) is 0 Å². The molecule has 1 fully saturated rings. The number of amides is 1. The molecule has 20 heavy (non-hydrogen) atoms. The Balaban J connectivity index is 1.91. The maximum absolute atomic E-state index is 12.3. The highest BCUT2D eigenvalue weighted by atomic mass is 16.5. The fourth-order valence-electron chi connectivity index (χ4n) is 2.24. The minimum atomic E-state index is 0.00389. The van der Waals surface area contributed by atoms with Crippen molar-refractivity contribution in [3.05, 3.63) is 23.9 Å². The number of nitrogens with zero attached hydrogens (tertiary/aromatic N) is 3. The summed E-state index contributed by atoms with van der Waals surface area (Å²) in [6, 6.07) is 3.47. The van der Waals surface area contributed by atoms with Crippen molar-refractivity contribution in [2.45, 2.75) is 6.92 Å². The van der Waals surface area contributed by atoms with Crippen LogP contribution in [-0.2, 0) is 0 Å². The first-order valence-corrected chi connectivity index (χ1v) is 6.96. The number of aliphatic hydroxyl groups excluding tert-OH is 1. The maximum atomic E-state index is 12.3. The first-order valence-electron chi connectivity index (χ1n) is 6.96. The second kappa shape index (κ2) is 7.21. The molecule has 0 bridgehead atoms. The molecule has 1 aliphatic heterocycles. The number of piperazine rings is 1. The summed E-state index contributed by atoms with van der Waals surface area (Å²) in [4.78, 5) is 20.4. The smallest absolute Gasteiger partial charge is 0.255 e. The largest absolute Gasteiger partial charge is 0.478 e. The van der Waals surface area contributed by atoms with Crippen molar-refractivity contribution in [3.8, 4) is 5.88 Å². The molecule has 2 rings (SSSR count). The van der Waals surface area contributed by atoms with Crippen LogP contribution in [0.25, 0.3) is 0 Å². The van der Waals surface area contributed by atoms with Gasteiger partial charge in [0.1, 0.15) is 0 Å². The number of carbonyl (C=O) groups excluding carboxylic acids is 1. The average Bonchev–Trinajstić information content (AvgIpc) is 2.49. The monoisotopic (exact) mass is 279 g/mol. The summed E-state index contributed by atoms with van der Waals surface area (Å²) in [6.45, 7) is 6.27. The molecule has 1 aromatic rings. The highest BCUT2D eigenvalue weighted by Crippen LogP contribution is 2.11. The Morgan fingerprint density at radius 2 is 2.10 bits per heavy atom. The van der Waals surface area contributed by atoms with E-state index >= 15 is 0 Å². The van der Waals surface area contributed by atoms with Crippen LogP contribution in [0.1, 0.15) is 17.3 Å². The Morgan fingerprint density at radius 3 is 2.65 bits per heavy atom. The van der Waals surface area contributed by atoms with Gasteiger partial charge in [-0.2, -0.15) is 0 Å². The summed E-state index contributed by atoms with van der Waals surface area (Å²) < 4.78 is 5.26. The number of rotatable bonds is 5. The summed E-state index contributed by atoms with van der Waals surface area (Å²) >= 11 is 0. The van der Waals surface area contributed by atoms with E-state index in [0.29, 0.717) is 37.7 Å². The minimum Gasteiger partial charge on any atom is -0.478 e. The topological polar surface area (TPSA) is 65.9 Å². The standard InChI is InChI=1S/C14H21N3O3/c1-2-20-13-4-3-12(11-15-13)14(19)17-7-5-16(6-8-17)9-10-18/h3-4,11,18H,2,5-10H2,1H3. The lowest BCUT2D eigenvalue weighted by Crippen LogP contribution is -2.49. The molecule has 0 radical (unpaired) electrons. The minimum absolute atomic E-state index is 0.00389. The van der Waals surface area contributed by atoms with E-state index in [0.717, 1.165) is 13.1 Å². The third kappa shape index (κ3) is 3.68. The molecule has 1 N–H and O–H groups in total. The summed E-state index contributed by atoms with van der Waals surface area (Å²) in [5.41, 5.74) is 0.587. The van der Waals surface area contributed by atoms with Gasteiger partial charge in [-0.1, -0.05) is 0 Å². The molecule has 1 aromatic heterocycles. The van der Waals surface area contributed by atoms with Gasteiger partial charge in [0.2, 0.25) is 5.88 Å². The summed E-state index contributed by atoms with van der Waals surface area (Å²) in [6.07, 6.45) is 1.56. The second-order valence-corrected chi connectivity index (χ2v) is 4.68. The molecule has 0 aromatic carbocycles. The molecule has 110 valence electrons. The van der Waals surface area contributed by atoms with Gasteiger partial charge in [0.05, 0.1) is 18.8 Å². The predicted molar refractivity (Wildman–Crippen MR) is 74.8 cm³/mol.